The molecule has 0 spiro atoms. The number of nitrogens with zero attached hydrogens (tertiary/aromatic N) is 1. The molecule has 0 heterocycles. The monoisotopic (exact) mass is 464 g/mol. The largest absolute Gasteiger partial charge is 0.294 e. The van der Waals surface area contributed by atoms with E-state index < -0.39 is 42.0 Å². The minimum Gasteiger partial charge on any atom is -0.215 e. The van der Waals surface area contributed by atoms with Gasteiger partial charge in [0.1, 0.15) is 0 Å². The molecule has 10 nitrogen and oxygen atoms in total. The molecule has 0 saturated carbocycles. The van der Waals surface area contributed by atoms with Crippen LogP contribution in [-0.4, -0.2) is 59.4 Å². The van der Waals surface area contributed by atoms with E-state index in [1.807, 2.05) is 6.92 Å². The molecule has 28 heavy (non-hydrogen) atoms. The van der Waals surface area contributed by atoms with Crippen molar-refractivity contribution in [2.75, 3.05) is 18.8 Å². The lowest BCUT2D eigenvalue weighted by molar-refractivity contribution is 0.437. The van der Waals surface area contributed by atoms with Crippen molar-refractivity contribution in [3.8, 4) is 0 Å². The summed E-state index contributed by atoms with van der Waals surface area (Å²) < 4.78 is 81.2. The first-order valence-corrected chi connectivity index (χ1v) is 13.9. The van der Waals surface area contributed by atoms with Crippen molar-refractivity contribution in [2.24, 2.45) is 0 Å². The van der Waals surface area contributed by atoms with Crippen LogP contribution in [0.1, 0.15) is 67.2 Å². The van der Waals surface area contributed by atoms with E-state index in [1.165, 1.54) is 0 Å². The van der Waals surface area contributed by atoms with Crippen molar-refractivity contribution in [3.05, 3.63) is 0 Å². The second kappa shape index (κ2) is 11.2. The molecule has 0 aromatic heterocycles. The SMILES string of the molecule is CCCNS(=O)(=O)CCCCCN(S(=O)(=O)NC(C)C)S(=O)(=O)NC(C)(C)C. The summed E-state index contributed by atoms with van der Waals surface area (Å²) in [5, 5.41) is 0. The van der Waals surface area contributed by atoms with E-state index in [2.05, 4.69) is 14.2 Å². The Balaban J connectivity index is 5.08. The van der Waals surface area contributed by atoms with Crippen LogP contribution in [0.2, 0.25) is 0 Å². The molecule has 170 valence electrons. The fraction of sp³-hybridized carbons (Fsp3) is 1.00. The van der Waals surface area contributed by atoms with E-state index in [9.17, 15) is 25.3 Å². The number of sulfonamides is 1. The molecule has 0 aromatic rings. The highest BCUT2D eigenvalue weighted by atomic mass is 32.3. The van der Waals surface area contributed by atoms with Crippen molar-refractivity contribution in [1.29, 1.82) is 0 Å². The maximum Gasteiger partial charge on any atom is 0.294 e. The molecule has 0 aliphatic heterocycles. The molecular formula is C15H36N4O6S3. The van der Waals surface area contributed by atoms with Gasteiger partial charge in [-0.25, -0.2) is 13.1 Å². The molecular weight excluding hydrogens is 428 g/mol. The fourth-order valence-corrected chi connectivity index (χ4v) is 7.05. The Hall–Kier alpha value is -0.310. The second-order valence-corrected chi connectivity index (χ2v) is 13.3. The van der Waals surface area contributed by atoms with Crippen molar-refractivity contribution in [2.45, 2.75) is 78.8 Å². The van der Waals surface area contributed by atoms with Gasteiger partial charge in [-0.05, 0) is 53.9 Å². The summed E-state index contributed by atoms with van der Waals surface area (Å²) in [7, 11) is -12.0. The zero-order valence-electron chi connectivity index (χ0n) is 17.6. The average molecular weight is 465 g/mol. The van der Waals surface area contributed by atoms with Gasteiger partial charge >= 0.3 is 0 Å². The van der Waals surface area contributed by atoms with Gasteiger partial charge in [-0.3, -0.25) is 0 Å². The predicted octanol–water partition coefficient (Wildman–Crippen LogP) is 0.664. The third-order valence-electron chi connectivity index (χ3n) is 3.18. The van der Waals surface area contributed by atoms with Crippen molar-refractivity contribution >= 4 is 30.4 Å². The van der Waals surface area contributed by atoms with Crippen LogP contribution in [0.3, 0.4) is 0 Å². The number of hydrogen-bond donors (Lipinski definition) is 3. The van der Waals surface area contributed by atoms with Crippen molar-refractivity contribution in [1.82, 2.24) is 17.9 Å². The van der Waals surface area contributed by atoms with Crippen LogP contribution >= 0.6 is 0 Å². The summed E-state index contributed by atoms with van der Waals surface area (Å²) in [5.74, 6) is -0.0863. The third-order valence-corrected chi connectivity index (χ3v) is 8.91. The van der Waals surface area contributed by atoms with Gasteiger partial charge in [0.25, 0.3) is 20.4 Å². The normalized spacial score (nSPS) is 14.1. The smallest absolute Gasteiger partial charge is 0.215 e. The molecule has 0 aliphatic carbocycles. The van der Waals surface area contributed by atoms with Gasteiger partial charge in [-0.2, -0.15) is 26.3 Å². The molecule has 0 aromatic carbocycles. The van der Waals surface area contributed by atoms with Crippen LogP contribution in [-0.2, 0) is 30.4 Å². The van der Waals surface area contributed by atoms with Gasteiger partial charge in [0, 0.05) is 24.7 Å². The van der Waals surface area contributed by atoms with Gasteiger partial charge in [-0.1, -0.05) is 17.1 Å². The topological polar surface area (TPSA) is 142 Å². The highest BCUT2D eigenvalue weighted by Gasteiger charge is 2.36. The van der Waals surface area contributed by atoms with E-state index >= 15 is 0 Å². The Labute approximate surface area is 171 Å². The third kappa shape index (κ3) is 11.6. The molecule has 0 saturated heterocycles. The van der Waals surface area contributed by atoms with Crippen LogP contribution in [0.5, 0.6) is 0 Å². The van der Waals surface area contributed by atoms with Gasteiger partial charge in [0.2, 0.25) is 10.0 Å². The van der Waals surface area contributed by atoms with E-state index in [0.717, 1.165) is 0 Å². The van der Waals surface area contributed by atoms with Gasteiger partial charge in [0.15, 0.2) is 0 Å². The first-order valence-electron chi connectivity index (χ1n) is 9.34. The lowest BCUT2D eigenvalue weighted by Gasteiger charge is -2.28. The van der Waals surface area contributed by atoms with Gasteiger partial charge < -0.3 is 0 Å². The van der Waals surface area contributed by atoms with E-state index in [0.29, 0.717) is 29.5 Å². The quantitative estimate of drug-likeness (QED) is 0.323. The molecule has 0 bridgehead atoms. The average Bonchev–Trinajstić information content (AvgIpc) is 2.44. The Kier molecular flexibility index (Phi) is 11.1. The van der Waals surface area contributed by atoms with Crippen molar-refractivity contribution < 1.29 is 25.3 Å². The lowest BCUT2D eigenvalue weighted by Crippen LogP contribution is -2.54. The van der Waals surface area contributed by atoms with Crippen LogP contribution in [0.15, 0.2) is 0 Å². The number of nitrogens with one attached hydrogen (secondary N) is 3. The molecule has 13 heteroatoms. The minimum absolute atomic E-state index is 0.0863. The Bertz CT molecular complexity index is 771. The van der Waals surface area contributed by atoms with Gasteiger partial charge in [-0.15, -0.1) is 0 Å². The van der Waals surface area contributed by atoms with E-state index in [1.54, 1.807) is 34.6 Å². The highest BCUT2D eigenvalue weighted by molar-refractivity contribution is 8.02. The number of hydrogen-bond acceptors (Lipinski definition) is 6. The van der Waals surface area contributed by atoms with Crippen LogP contribution < -0.4 is 14.2 Å². The summed E-state index contributed by atoms with van der Waals surface area (Å²) >= 11 is 0. The molecule has 0 amide bonds. The molecule has 0 aliphatic rings. The van der Waals surface area contributed by atoms with Crippen LogP contribution in [0.4, 0.5) is 0 Å². The number of unbranched alkanes of at least 4 members (excludes halogenated alkanes) is 2. The standard InChI is InChI=1S/C15H36N4O6S3/c1-7-11-16-26(20,21)13-10-8-9-12-19(27(22,23)17-14(2)3)28(24,25)18-15(4,5)6/h14,16-18H,7-13H2,1-6H3. The summed E-state index contributed by atoms with van der Waals surface area (Å²) in [6.07, 6.45) is 1.56. The molecule has 3 N–H and O–H groups in total. The summed E-state index contributed by atoms with van der Waals surface area (Å²) in [6.45, 7) is 9.95. The molecule has 0 fully saturated rings. The molecule has 0 rings (SSSR count). The van der Waals surface area contributed by atoms with E-state index in [-0.39, 0.29) is 18.7 Å². The zero-order valence-corrected chi connectivity index (χ0v) is 20.1. The first-order chi connectivity index (χ1) is 12.5. The van der Waals surface area contributed by atoms with Crippen LogP contribution in [0.25, 0.3) is 0 Å². The van der Waals surface area contributed by atoms with Crippen molar-refractivity contribution in [3.63, 3.8) is 0 Å². The summed E-state index contributed by atoms with van der Waals surface area (Å²) in [4.78, 5) is 0. The van der Waals surface area contributed by atoms with Crippen LogP contribution in [0, 0.1) is 0 Å². The Morgan fingerprint density at radius 1 is 0.893 bits per heavy atom. The molecule has 0 atom stereocenters. The highest BCUT2D eigenvalue weighted by Crippen LogP contribution is 2.13. The second-order valence-electron chi connectivity index (χ2n) is 7.90. The molecule has 0 unspecified atom stereocenters. The fourth-order valence-electron chi connectivity index (χ4n) is 2.20. The Morgan fingerprint density at radius 2 is 1.46 bits per heavy atom. The van der Waals surface area contributed by atoms with Gasteiger partial charge in [0.05, 0.1) is 5.75 Å². The summed E-state index contributed by atoms with van der Waals surface area (Å²) in [6, 6.07) is -0.480. The maximum absolute atomic E-state index is 12.6. The zero-order chi connectivity index (χ0) is 22.2. The minimum atomic E-state index is -4.31. The number of rotatable bonds is 14. The maximum atomic E-state index is 12.6. The predicted molar refractivity (Wildman–Crippen MR) is 112 cm³/mol. The first kappa shape index (κ1) is 27.7. The molecule has 0 radical (unpaired) electrons. The summed E-state index contributed by atoms with van der Waals surface area (Å²) in [5.41, 5.74) is -0.858. The van der Waals surface area contributed by atoms with E-state index in [4.69, 9.17) is 0 Å². The Morgan fingerprint density at radius 3 is 1.93 bits per heavy atom. The lowest BCUT2D eigenvalue weighted by atomic mass is 10.1.